The molecule has 0 bridgehead atoms. The summed E-state index contributed by atoms with van der Waals surface area (Å²) in [5.74, 6) is -0.397. The van der Waals surface area contributed by atoms with Crippen LogP contribution >= 0.6 is 0 Å². The van der Waals surface area contributed by atoms with Gasteiger partial charge in [-0.15, -0.1) is 0 Å². The van der Waals surface area contributed by atoms with Gasteiger partial charge in [-0.25, -0.2) is 4.39 Å². The second-order valence-electron chi connectivity index (χ2n) is 6.34. The normalized spacial score (nSPS) is 14.4. The number of anilines is 2. The average Bonchev–Trinajstić information content (AvgIpc) is 2.65. The standard InChI is InChI=1S/C20H24FN3O/c21-19-7-3-2-6-16(19)14-22-15-20(25)23-17-8-10-18(11-9-17)24-12-4-1-5-13-24/h2-3,6-11,22H,1,4-5,12-15H2,(H,23,25). The molecule has 1 fully saturated rings. The van der Waals surface area contributed by atoms with Crippen molar-refractivity contribution in [1.29, 1.82) is 0 Å². The minimum Gasteiger partial charge on any atom is -0.372 e. The highest BCUT2D eigenvalue weighted by atomic mass is 19.1. The van der Waals surface area contributed by atoms with E-state index in [1.165, 1.54) is 31.0 Å². The molecule has 2 N–H and O–H groups in total. The monoisotopic (exact) mass is 341 g/mol. The average molecular weight is 341 g/mol. The third kappa shape index (κ3) is 5.03. The van der Waals surface area contributed by atoms with Crippen LogP contribution in [-0.4, -0.2) is 25.5 Å². The van der Waals surface area contributed by atoms with E-state index in [-0.39, 0.29) is 18.3 Å². The predicted octanol–water partition coefficient (Wildman–Crippen LogP) is 3.54. The summed E-state index contributed by atoms with van der Waals surface area (Å²) in [6.07, 6.45) is 3.79. The molecule has 1 amide bonds. The fourth-order valence-corrected chi connectivity index (χ4v) is 3.07. The van der Waals surface area contributed by atoms with Crippen LogP contribution in [0.25, 0.3) is 0 Å². The first-order valence-corrected chi connectivity index (χ1v) is 8.81. The number of carbonyl (C=O) groups excluding carboxylic acids is 1. The molecule has 1 aliphatic heterocycles. The summed E-state index contributed by atoms with van der Waals surface area (Å²) in [5.41, 5.74) is 2.54. The van der Waals surface area contributed by atoms with Gasteiger partial charge in [0.1, 0.15) is 5.82 Å². The Labute approximate surface area is 148 Å². The summed E-state index contributed by atoms with van der Waals surface area (Å²) >= 11 is 0. The van der Waals surface area contributed by atoms with Gasteiger partial charge in [-0.3, -0.25) is 4.79 Å². The fourth-order valence-electron chi connectivity index (χ4n) is 3.07. The molecule has 2 aromatic carbocycles. The van der Waals surface area contributed by atoms with Crippen LogP contribution in [0.15, 0.2) is 48.5 Å². The molecule has 3 rings (SSSR count). The number of carbonyl (C=O) groups is 1. The van der Waals surface area contributed by atoms with Gasteiger partial charge in [0, 0.05) is 36.6 Å². The van der Waals surface area contributed by atoms with E-state index in [4.69, 9.17) is 0 Å². The molecule has 1 aliphatic rings. The van der Waals surface area contributed by atoms with Gasteiger partial charge in [-0.1, -0.05) is 18.2 Å². The molecule has 25 heavy (non-hydrogen) atoms. The summed E-state index contributed by atoms with van der Waals surface area (Å²) in [5, 5.41) is 5.82. The van der Waals surface area contributed by atoms with Crippen molar-refractivity contribution in [2.24, 2.45) is 0 Å². The highest BCUT2D eigenvalue weighted by Crippen LogP contribution is 2.21. The van der Waals surface area contributed by atoms with Crippen molar-refractivity contribution in [3.05, 3.63) is 59.9 Å². The van der Waals surface area contributed by atoms with Gasteiger partial charge < -0.3 is 15.5 Å². The second-order valence-corrected chi connectivity index (χ2v) is 6.34. The van der Waals surface area contributed by atoms with E-state index in [0.29, 0.717) is 12.1 Å². The molecule has 1 saturated heterocycles. The molecule has 0 saturated carbocycles. The summed E-state index contributed by atoms with van der Waals surface area (Å²) in [4.78, 5) is 14.4. The molecule has 0 aromatic heterocycles. The number of halogens is 1. The topological polar surface area (TPSA) is 44.4 Å². The van der Waals surface area contributed by atoms with Gasteiger partial charge in [0.2, 0.25) is 5.91 Å². The first kappa shape index (κ1) is 17.4. The van der Waals surface area contributed by atoms with E-state index in [1.54, 1.807) is 18.2 Å². The van der Waals surface area contributed by atoms with Crippen LogP contribution in [0.3, 0.4) is 0 Å². The third-order valence-electron chi connectivity index (χ3n) is 4.43. The van der Waals surface area contributed by atoms with Gasteiger partial charge >= 0.3 is 0 Å². The van der Waals surface area contributed by atoms with Crippen LogP contribution < -0.4 is 15.5 Å². The summed E-state index contributed by atoms with van der Waals surface area (Å²) in [6.45, 7) is 2.67. The smallest absolute Gasteiger partial charge is 0.238 e. The maximum Gasteiger partial charge on any atom is 0.238 e. The van der Waals surface area contributed by atoms with E-state index >= 15 is 0 Å². The van der Waals surface area contributed by atoms with Gasteiger partial charge in [-0.2, -0.15) is 0 Å². The van der Waals surface area contributed by atoms with Gasteiger partial charge in [-0.05, 0) is 49.6 Å². The number of piperidine rings is 1. The molecule has 132 valence electrons. The van der Waals surface area contributed by atoms with Crippen molar-refractivity contribution in [3.63, 3.8) is 0 Å². The molecule has 0 aliphatic carbocycles. The molecule has 4 nitrogen and oxygen atoms in total. The van der Waals surface area contributed by atoms with E-state index in [9.17, 15) is 9.18 Å². The molecule has 0 unspecified atom stereocenters. The Bertz CT molecular complexity index is 696. The second kappa shape index (κ2) is 8.62. The van der Waals surface area contributed by atoms with Crippen molar-refractivity contribution in [2.45, 2.75) is 25.8 Å². The lowest BCUT2D eigenvalue weighted by Crippen LogP contribution is -2.29. The molecule has 2 aromatic rings. The molecule has 1 heterocycles. The number of rotatable bonds is 6. The van der Waals surface area contributed by atoms with Gasteiger partial charge in [0.05, 0.1) is 6.54 Å². The van der Waals surface area contributed by atoms with Crippen molar-refractivity contribution >= 4 is 17.3 Å². The van der Waals surface area contributed by atoms with Crippen molar-refractivity contribution in [3.8, 4) is 0 Å². The molecule has 0 atom stereocenters. The Balaban J connectivity index is 1.45. The Morgan fingerprint density at radius 2 is 1.72 bits per heavy atom. The van der Waals surface area contributed by atoms with Crippen molar-refractivity contribution in [2.75, 3.05) is 29.9 Å². The quantitative estimate of drug-likeness (QED) is 0.845. The van der Waals surface area contributed by atoms with Gasteiger partial charge in [0.15, 0.2) is 0 Å². The largest absolute Gasteiger partial charge is 0.372 e. The maximum absolute atomic E-state index is 13.5. The van der Waals surface area contributed by atoms with Crippen LogP contribution in [0.2, 0.25) is 0 Å². The Hall–Kier alpha value is -2.40. The Kier molecular flexibility index (Phi) is 6.01. The number of hydrogen-bond donors (Lipinski definition) is 2. The van der Waals surface area contributed by atoms with Crippen molar-refractivity contribution < 1.29 is 9.18 Å². The first-order valence-electron chi connectivity index (χ1n) is 8.81. The Morgan fingerprint density at radius 1 is 1.00 bits per heavy atom. The molecule has 0 radical (unpaired) electrons. The van der Waals surface area contributed by atoms with E-state index in [2.05, 4.69) is 15.5 Å². The summed E-state index contributed by atoms with van der Waals surface area (Å²) in [6, 6.07) is 14.5. The Morgan fingerprint density at radius 3 is 2.44 bits per heavy atom. The number of hydrogen-bond acceptors (Lipinski definition) is 3. The minimum atomic E-state index is -0.260. The van der Waals surface area contributed by atoms with Crippen LogP contribution in [0.1, 0.15) is 24.8 Å². The molecular weight excluding hydrogens is 317 g/mol. The zero-order valence-corrected chi connectivity index (χ0v) is 14.3. The van der Waals surface area contributed by atoms with Gasteiger partial charge in [0.25, 0.3) is 0 Å². The summed E-state index contributed by atoms with van der Waals surface area (Å²) < 4.78 is 13.5. The number of benzene rings is 2. The number of nitrogens with zero attached hydrogens (tertiary/aromatic N) is 1. The fraction of sp³-hybridized carbons (Fsp3) is 0.350. The predicted molar refractivity (Wildman–Crippen MR) is 99.2 cm³/mol. The highest BCUT2D eigenvalue weighted by Gasteiger charge is 2.11. The van der Waals surface area contributed by atoms with E-state index in [0.717, 1.165) is 18.8 Å². The molecule has 5 heteroatoms. The highest BCUT2D eigenvalue weighted by molar-refractivity contribution is 5.92. The zero-order valence-electron chi connectivity index (χ0n) is 14.3. The third-order valence-corrected chi connectivity index (χ3v) is 4.43. The molecular formula is C20H24FN3O. The lowest BCUT2D eigenvalue weighted by atomic mass is 10.1. The van der Waals surface area contributed by atoms with Crippen molar-refractivity contribution in [1.82, 2.24) is 5.32 Å². The molecule has 0 spiro atoms. The number of nitrogens with one attached hydrogen (secondary N) is 2. The van der Waals surface area contributed by atoms with E-state index < -0.39 is 0 Å². The summed E-state index contributed by atoms with van der Waals surface area (Å²) in [7, 11) is 0. The van der Waals surface area contributed by atoms with Crippen LogP contribution in [0.5, 0.6) is 0 Å². The zero-order chi connectivity index (χ0) is 17.5. The maximum atomic E-state index is 13.5. The number of amides is 1. The minimum absolute atomic E-state index is 0.137. The first-order chi connectivity index (χ1) is 12.2. The van der Waals surface area contributed by atoms with Crippen LogP contribution in [0, 0.1) is 5.82 Å². The van der Waals surface area contributed by atoms with Crippen LogP contribution in [0.4, 0.5) is 15.8 Å². The van der Waals surface area contributed by atoms with Crippen LogP contribution in [-0.2, 0) is 11.3 Å². The van der Waals surface area contributed by atoms with E-state index in [1.807, 2.05) is 24.3 Å². The lowest BCUT2D eigenvalue weighted by Gasteiger charge is -2.28. The SMILES string of the molecule is O=C(CNCc1ccccc1F)Nc1ccc(N2CCCCC2)cc1. The lowest BCUT2D eigenvalue weighted by molar-refractivity contribution is -0.115.